The van der Waals surface area contributed by atoms with Crippen LogP contribution in [0.3, 0.4) is 0 Å². The lowest BCUT2D eigenvalue weighted by atomic mass is 10.3. The van der Waals surface area contributed by atoms with E-state index in [1.165, 1.54) is 6.07 Å². The van der Waals surface area contributed by atoms with Gasteiger partial charge >= 0.3 is 0 Å². The van der Waals surface area contributed by atoms with Gasteiger partial charge in [0.2, 0.25) is 5.91 Å². The first kappa shape index (κ1) is 10.1. The highest BCUT2D eigenvalue weighted by Crippen LogP contribution is 2.15. The molecule has 0 aliphatic heterocycles. The Balaban J connectivity index is 2.58. The molecule has 0 heterocycles. The molecule has 0 radical (unpaired) electrons. The number of carbonyl (C=O) groups is 1. The van der Waals surface area contributed by atoms with Gasteiger partial charge in [0.1, 0.15) is 5.75 Å². The Kier molecular flexibility index (Phi) is 3.76. The molecule has 0 aliphatic rings. The van der Waals surface area contributed by atoms with Crippen molar-refractivity contribution in [2.24, 2.45) is 0 Å². The van der Waals surface area contributed by atoms with Gasteiger partial charge in [-0.2, -0.15) is 0 Å². The van der Waals surface area contributed by atoms with Crippen LogP contribution in [0.2, 0.25) is 0 Å². The number of carbonyl (C=O) groups excluding carboxylic acids is 1. The summed E-state index contributed by atoms with van der Waals surface area (Å²) in [4.78, 5) is 11.1. The van der Waals surface area contributed by atoms with Crippen molar-refractivity contribution < 1.29 is 9.90 Å². The summed E-state index contributed by atoms with van der Waals surface area (Å²) in [6.45, 7) is 0. The quantitative estimate of drug-likeness (QED) is 0.800. The summed E-state index contributed by atoms with van der Waals surface area (Å²) in [5.74, 6) is 0.0825. The third kappa shape index (κ3) is 3.46. The zero-order chi connectivity index (χ0) is 9.68. The monoisotopic (exact) mass is 243 g/mol. The Bertz CT molecular complexity index is 301. The Labute approximate surface area is 84.9 Å². The number of aromatic hydroxyl groups is 1. The lowest BCUT2D eigenvalue weighted by Gasteiger charge is -2.03. The third-order valence-electron chi connectivity index (χ3n) is 1.45. The summed E-state index contributed by atoms with van der Waals surface area (Å²) in [7, 11) is 0. The van der Waals surface area contributed by atoms with Crippen LogP contribution in [-0.4, -0.2) is 16.3 Å². The smallest absolute Gasteiger partial charge is 0.225 e. The molecule has 0 saturated heterocycles. The Morgan fingerprint density at radius 3 is 2.92 bits per heavy atom. The summed E-state index contributed by atoms with van der Waals surface area (Å²) in [5, 5.41) is 12.4. The first-order chi connectivity index (χ1) is 6.22. The largest absolute Gasteiger partial charge is 0.508 e. The number of halogens is 1. The van der Waals surface area contributed by atoms with E-state index in [2.05, 4.69) is 21.2 Å². The standard InChI is InChI=1S/C9H10BrNO2/c10-5-4-9(13)11-7-2-1-3-8(12)6-7/h1-3,6,12H,4-5H2,(H,11,13). The highest BCUT2D eigenvalue weighted by Gasteiger charge is 2.00. The second-order valence-electron chi connectivity index (χ2n) is 2.54. The lowest BCUT2D eigenvalue weighted by Crippen LogP contribution is -2.11. The molecule has 2 N–H and O–H groups in total. The Hall–Kier alpha value is -1.03. The van der Waals surface area contributed by atoms with Gasteiger partial charge in [0, 0.05) is 23.5 Å². The molecule has 3 nitrogen and oxygen atoms in total. The number of alkyl halides is 1. The van der Waals surface area contributed by atoms with Crippen LogP contribution in [0.15, 0.2) is 24.3 Å². The summed E-state index contributed by atoms with van der Waals surface area (Å²) >= 11 is 3.17. The van der Waals surface area contributed by atoms with Gasteiger partial charge in [-0.25, -0.2) is 0 Å². The van der Waals surface area contributed by atoms with Crippen LogP contribution in [0, 0.1) is 0 Å². The number of phenolic OH excluding ortho intramolecular Hbond substituents is 1. The van der Waals surface area contributed by atoms with Crippen molar-refractivity contribution in [3.63, 3.8) is 0 Å². The topological polar surface area (TPSA) is 49.3 Å². The average Bonchev–Trinajstić information content (AvgIpc) is 2.04. The maximum atomic E-state index is 11.1. The number of nitrogens with one attached hydrogen (secondary N) is 1. The van der Waals surface area contributed by atoms with Gasteiger partial charge in [-0.05, 0) is 12.1 Å². The molecular weight excluding hydrogens is 234 g/mol. The van der Waals surface area contributed by atoms with Crippen molar-refractivity contribution >= 4 is 27.5 Å². The molecule has 0 saturated carbocycles. The molecule has 0 aliphatic carbocycles. The average molecular weight is 244 g/mol. The first-order valence-corrected chi connectivity index (χ1v) is 4.99. The van der Waals surface area contributed by atoms with E-state index in [1.807, 2.05) is 0 Å². The molecule has 70 valence electrons. The Morgan fingerprint density at radius 1 is 1.54 bits per heavy atom. The van der Waals surface area contributed by atoms with Crippen LogP contribution >= 0.6 is 15.9 Å². The van der Waals surface area contributed by atoms with Crippen molar-refractivity contribution in [3.8, 4) is 5.75 Å². The number of phenols is 1. The van der Waals surface area contributed by atoms with Crippen molar-refractivity contribution in [2.75, 3.05) is 10.6 Å². The molecule has 0 bridgehead atoms. The van der Waals surface area contributed by atoms with Crippen LogP contribution < -0.4 is 5.32 Å². The van der Waals surface area contributed by atoms with E-state index in [-0.39, 0.29) is 11.7 Å². The van der Waals surface area contributed by atoms with E-state index in [1.54, 1.807) is 18.2 Å². The van der Waals surface area contributed by atoms with Gasteiger partial charge in [0.05, 0.1) is 0 Å². The highest BCUT2D eigenvalue weighted by atomic mass is 79.9. The summed E-state index contributed by atoms with van der Waals surface area (Å²) in [6.07, 6.45) is 0.426. The van der Waals surface area contributed by atoms with Gasteiger partial charge in [-0.3, -0.25) is 4.79 Å². The second kappa shape index (κ2) is 4.87. The number of hydrogen-bond donors (Lipinski definition) is 2. The maximum Gasteiger partial charge on any atom is 0.225 e. The molecule has 1 aromatic carbocycles. The minimum absolute atomic E-state index is 0.0672. The molecule has 0 unspecified atom stereocenters. The fourth-order valence-corrected chi connectivity index (χ4v) is 1.25. The van der Waals surface area contributed by atoms with Crippen molar-refractivity contribution in [1.29, 1.82) is 0 Å². The molecule has 0 atom stereocenters. The maximum absolute atomic E-state index is 11.1. The van der Waals surface area contributed by atoms with Crippen LogP contribution in [0.5, 0.6) is 5.75 Å². The van der Waals surface area contributed by atoms with Crippen LogP contribution in [0.1, 0.15) is 6.42 Å². The fraction of sp³-hybridized carbons (Fsp3) is 0.222. The molecule has 1 aromatic rings. The number of benzene rings is 1. The van der Waals surface area contributed by atoms with Crippen LogP contribution in [-0.2, 0) is 4.79 Å². The lowest BCUT2D eigenvalue weighted by molar-refractivity contribution is -0.115. The summed E-state index contributed by atoms with van der Waals surface area (Å²) in [5.41, 5.74) is 0.617. The number of hydrogen-bond acceptors (Lipinski definition) is 2. The van der Waals surface area contributed by atoms with Gasteiger partial charge in [-0.1, -0.05) is 22.0 Å². The summed E-state index contributed by atoms with van der Waals surface area (Å²) in [6, 6.07) is 6.47. The van der Waals surface area contributed by atoms with Crippen LogP contribution in [0.25, 0.3) is 0 Å². The van der Waals surface area contributed by atoms with Gasteiger partial charge in [0.25, 0.3) is 0 Å². The number of rotatable bonds is 3. The zero-order valence-electron chi connectivity index (χ0n) is 6.96. The van der Waals surface area contributed by atoms with Crippen molar-refractivity contribution in [2.45, 2.75) is 6.42 Å². The minimum Gasteiger partial charge on any atom is -0.508 e. The van der Waals surface area contributed by atoms with Gasteiger partial charge in [-0.15, -0.1) is 0 Å². The predicted molar refractivity (Wildman–Crippen MR) is 55.1 cm³/mol. The molecule has 0 spiro atoms. The molecule has 0 aromatic heterocycles. The first-order valence-electron chi connectivity index (χ1n) is 3.87. The van der Waals surface area contributed by atoms with Gasteiger partial charge < -0.3 is 10.4 Å². The highest BCUT2D eigenvalue weighted by molar-refractivity contribution is 9.09. The number of amides is 1. The van der Waals surface area contributed by atoms with E-state index < -0.39 is 0 Å². The molecule has 0 fully saturated rings. The van der Waals surface area contributed by atoms with Crippen LogP contribution in [0.4, 0.5) is 5.69 Å². The zero-order valence-corrected chi connectivity index (χ0v) is 8.54. The predicted octanol–water partition coefficient (Wildman–Crippen LogP) is 2.12. The molecule has 1 rings (SSSR count). The van der Waals surface area contributed by atoms with E-state index >= 15 is 0 Å². The van der Waals surface area contributed by atoms with Crippen molar-refractivity contribution in [3.05, 3.63) is 24.3 Å². The summed E-state index contributed by atoms with van der Waals surface area (Å²) < 4.78 is 0. The molecule has 4 heteroatoms. The SMILES string of the molecule is O=C(CCBr)Nc1cccc(O)c1. The van der Waals surface area contributed by atoms with E-state index in [0.717, 1.165) is 0 Å². The normalized spacial score (nSPS) is 9.62. The van der Waals surface area contributed by atoms with E-state index in [0.29, 0.717) is 17.4 Å². The minimum atomic E-state index is -0.0672. The van der Waals surface area contributed by atoms with Gasteiger partial charge in [0.15, 0.2) is 0 Å². The molecular formula is C9H10BrNO2. The Morgan fingerprint density at radius 2 is 2.31 bits per heavy atom. The number of anilines is 1. The van der Waals surface area contributed by atoms with E-state index in [9.17, 15) is 4.79 Å². The fourth-order valence-electron chi connectivity index (χ4n) is 0.893. The van der Waals surface area contributed by atoms with Crippen molar-refractivity contribution in [1.82, 2.24) is 0 Å². The molecule has 1 amide bonds. The molecule has 13 heavy (non-hydrogen) atoms. The third-order valence-corrected chi connectivity index (χ3v) is 1.85. The second-order valence-corrected chi connectivity index (χ2v) is 3.33. The van der Waals surface area contributed by atoms with E-state index in [4.69, 9.17) is 5.11 Å².